The molecule has 0 heterocycles. The standard InChI is InChI=1S/C29H34ClN3O6S/c1-20(2)31-29(35)21(3)32(18-22-7-6-8-26(17-22)39-5)28(34)19-33(24-11-9-23(30)10-12-24)40(36,37)27-15-13-25(38-4)14-16-27/h6-17,20-21H,18-19H2,1-5H3,(H,31,35). The van der Waals surface area contributed by atoms with Crippen LogP contribution in [0.25, 0.3) is 0 Å². The Morgan fingerprint density at radius 1 is 0.900 bits per heavy atom. The van der Waals surface area contributed by atoms with E-state index < -0.39 is 28.5 Å². The van der Waals surface area contributed by atoms with Crippen molar-refractivity contribution in [1.82, 2.24) is 10.2 Å². The van der Waals surface area contributed by atoms with Crippen molar-refractivity contribution < 1.29 is 27.5 Å². The molecule has 0 aliphatic heterocycles. The molecule has 11 heteroatoms. The number of amides is 2. The number of rotatable bonds is 12. The summed E-state index contributed by atoms with van der Waals surface area (Å²) in [6.07, 6.45) is 0. The number of sulfonamides is 1. The number of ether oxygens (including phenoxy) is 2. The van der Waals surface area contributed by atoms with Gasteiger partial charge in [-0.05, 0) is 87.0 Å². The Morgan fingerprint density at radius 2 is 1.52 bits per heavy atom. The van der Waals surface area contributed by atoms with Crippen molar-refractivity contribution in [2.75, 3.05) is 25.1 Å². The number of hydrogen-bond donors (Lipinski definition) is 1. The SMILES string of the molecule is COc1ccc(S(=O)(=O)N(CC(=O)N(Cc2cccc(OC)c2)C(C)C(=O)NC(C)C)c2ccc(Cl)cc2)cc1. The number of methoxy groups -OCH3 is 2. The highest BCUT2D eigenvalue weighted by Crippen LogP contribution is 2.27. The quantitative estimate of drug-likeness (QED) is 0.335. The first-order valence-corrected chi connectivity index (χ1v) is 14.4. The summed E-state index contributed by atoms with van der Waals surface area (Å²) in [5.74, 6) is 0.153. The van der Waals surface area contributed by atoms with Gasteiger partial charge in [-0.1, -0.05) is 23.7 Å². The average molecular weight is 588 g/mol. The molecule has 0 spiro atoms. The number of benzene rings is 3. The summed E-state index contributed by atoms with van der Waals surface area (Å²) in [6, 6.07) is 18.1. The maximum atomic E-state index is 13.9. The van der Waals surface area contributed by atoms with Gasteiger partial charge in [0, 0.05) is 17.6 Å². The molecule has 40 heavy (non-hydrogen) atoms. The molecule has 1 unspecified atom stereocenters. The number of nitrogens with one attached hydrogen (secondary N) is 1. The fourth-order valence-electron chi connectivity index (χ4n) is 3.97. The molecule has 0 saturated carbocycles. The lowest BCUT2D eigenvalue weighted by Gasteiger charge is -2.32. The zero-order valence-electron chi connectivity index (χ0n) is 23.1. The van der Waals surface area contributed by atoms with Gasteiger partial charge in [0.15, 0.2) is 0 Å². The van der Waals surface area contributed by atoms with Crippen molar-refractivity contribution in [3.63, 3.8) is 0 Å². The van der Waals surface area contributed by atoms with E-state index in [0.717, 1.165) is 4.31 Å². The smallest absolute Gasteiger partial charge is 0.264 e. The summed E-state index contributed by atoms with van der Waals surface area (Å²) in [7, 11) is -1.18. The van der Waals surface area contributed by atoms with Crippen LogP contribution in [0.5, 0.6) is 11.5 Å². The van der Waals surface area contributed by atoms with Crippen LogP contribution < -0.4 is 19.1 Å². The molecule has 0 radical (unpaired) electrons. The van der Waals surface area contributed by atoms with Crippen LogP contribution in [0.15, 0.2) is 77.7 Å². The van der Waals surface area contributed by atoms with Gasteiger partial charge in [-0.3, -0.25) is 13.9 Å². The van der Waals surface area contributed by atoms with Crippen LogP contribution in [0.3, 0.4) is 0 Å². The van der Waals surface area contributed by atoms with Gasteiger partial charge in [-0.25, -0.2) is 8.42 Å². The third kappa shape index (κ3) is 7.67. The second-order valence-electron chi connectivity index (χ2n) is 9.38. The molecule has 1 N–H and O–H groups in total. The number of anilines is 1. The molecule has 0 fully saturated rings. The Labute approximate surface area is 240 Å². The third-order valence-electron chi connectivity index (χ3n) is 6.13. The largest absolute Gasteiger partial charge is 0.497 e. The van der Waals surface area contributed by atoms with Gasteiger partial charge in [-0.15, -0.1) is 0 Å². The van der Waals surface area contributed by atoms with Gasteiger partial charge in [-0.2, -0.15) is 0 Å². The van der Waals surface area contributed by atoms with E-state index >= 15 is 0 Å². The number of halogens is 1. The molecular formula is C29H34ClN3O6S. The number of nitrogens with zero attached hydrogens (tertiary/aromatic N) is 2. The van der Waals surface area contributed by atoms with Gasteiger partial charge in [0.2, 0.25) is 11.8 Å². The van der Waals surface area contributed by atoms with Crippen molar-refractivity contribution >= 4 is 39.1 Å². The van der Waals surface area contributed by atoms with Crippen molar-refractivity contribution in [3.05, 3.63) is 83.4 Å². The van der Waals surface area contributed by atoms with Crippen LogP contribution in [-0.4, -0.2) is 58.0 Å². The lowest BCUT2D eigenvalue weighted by atomic mass is 10.1. The molecular weight excluding hydrogens is 554 g/mol. The van der Waals surface area contributed by atoms with Crippen LogP contribution in [0.2, 0.25) is 5.02 Å². The van der Waals surface area contributed by atoms with Gasteiger partial charge < -0.3 is 19.7 Å². The molecule has 2 amide bonds. The molecule has 0 aromatic heterocycles. The van der Waals surface area contributed by atoms with Gasteiger partial charge in [0.05, 0.1) is 24.8 Å². The molecule has 214 valence electrons. The molecule has 0 aliphatic rings. The van der Waals surface area contributed by atoms with Gasteiger partial charge >= 0.3 is 0 Å². The Balaban J connectivity index is 2.03. The summed E-state index contributed by atoms with van der Waals surface area (Å²) < 4.78 is 39.2. The second-order valence-corrected chi connectivity index (χ2v) is 11.7. The maximum Gasteiger partial charge on any atom is 0.264 e. The van der Waals surface area contributed by atoms with E-state index in [9.17, 15) is 18.0 Å². The third-order valence-corrected chi connectivity index (χ3v) is 8.17. The zero-order valence-corrected chi connectivity index (χ0v) is 24.7. The Hall–Kier alpha value is -3.76. The molecule has 1 atom stereocenters. The van der Waals surface area contributed by atoms with E-state index in [4.69, 9.17) is 21.1 Å². The van der Waals surface area contributed by atoms with Crippen molar-refractivity contribution in [2.45, 2.75) is 44.3 Å². The summed E-state index contributed by atoms with van der Waals surface area (Å²) >= 11 is 6.06. The zero-order chi connectivity index (χ0) is 29.4. The van der Waals surface area contributed by atoms with E-state index in [1.54, 1.807) is 43.3 Å². The molecule has 0 aliphatic carbocycles. The molecule has 3 rings (SSSR count). The van der Waals surface area contributed by atoms with E-state index in [2.05, 4.69) is 5.32 Å². The summed E-state index contributed by atoms with van der Waals surface area (Å²) in [5, 5.41) is 3.24. The summed E-state index contributed by atoms with van der Waals surface area (Å²) in [5.41, 5.74) is 0.960. The van der Waals surface area contributed by atoms with Crippen LogP contribution >= 0.6 is 11.6 Å². The van der Waals surface area contributed by atoms with Crippen molar-refractivity contribution in [3.8, 4) is 11.5 Å². The van der Waals surface area contributed by atoms with Gasteiger partial charge in [0.1, 0.15) is 24.1 Å². The number of carbonyl (C=O) groups is 2. The highest BCUT2D eigenvalue weighted by Gasteiger charge is 2.32. The fourth-order valence-corrected chi connectivity index (χ4v) is 5.51. The molecule has 3 aromatic rings. The predicted octanol–water partition coefficient (Wildman–Crippen LogP) is 4.49. The second kappa shape index (κ2) is 13.5. The minimum Gasteiger partial charge on any atom is -0.497 e. The van der Waals surface area contributed by atoms with E-state index in [0.29, 0.717) is 22.1 Å². The normalized spacial score (nSPS) is 12.0. The Bertz CT molecular complexity index is 1410. The highest BCUT2D eigenvalue weighted by molar-refractivity contribution is 7.92. The van der Waals surface area contributed by atoms with Gasteiger partial charge in [0.25, 0.3) is 10.0 Å². The van der Waals surface area contributed by atoms with E-state index in [-0.39, 0.29) is 29.1 Å². The number of hydrogen-bond acceptors (Lipinski definition) is 6. The first kappa shape index (κ1) is 30.8. The number of carbonyl (C=O) groups excluding carboxylic acids is 2. The van der Waals surface area contributed by atoms with Crippen molar-refractivity contribution in [1.29, 1.82) is 0 Å². The lowest BCUT2D eigenvalue weighted by Crippen LogP contribution is -2.52. The highest BCUT2D eigenvalue weighted by atomic mass is 35.5. The van der Waals surface area contributed by atoms with E-state index in [1.165, 1.54) is 55.5 Å². The van der Waals surface area contributed by atoms with Crippen LogP contribution in [-0.2, 0) is 26.2 Å². The Kier molecular flexibility index (Phi) is 10.4. The summed E-state index contributed by atoms with van der Waals surface area (Å²) in [4.78, 5) is 28.3. The predicted molar refractivity (Wildman–Crippen MR) is 155 cm³/mol. The summed E-state index contributed by atoms with van der Waals surface area (Å²) in [6.45, 7) is 4.75. The maximum absolute atomic E-state index is 13.9. The molecule has 9 nitrogen and oxygen atoms in total. The monoisotopic (exact) mass is 587 g/mol. The van der Waals surface area contributed by atoms with Crippen LogP contribution in [0.1, 0.15) is 26.3 Å². The molecule has 0 bridgehead atoms. The average Bonchev–Trinajstić information content (AvgIpc) is 2.94. The minimum absolute atomic E-state index is 0.0269. The lowest BCUT2D eigenvalue weighted by molar-refractivity contribution is -0.139. The fraction of sp³-hybridized carbons (Fsp3) is 0.310. The molecule has 0 saturated heterocycles. The van der Waals surface area contributed by atoms with Crippen LogP contribution in [0, 0.1) is 0 Å². The van der Waals surface area contributed by atoms with Crippen molar-refractivity contribution in [2.24, 2.45) is 0 Å². The minimum atomic E-state index is -4.20. The first-order valence-electron chi connectivity index (χ1n) is 12.6. The first-order chi connectivity index (χ1) is 19.0. The van der Waals surface area contributed by atoms with Crippen LogP contribution in [0.4, 0.5) is 5.69 Å². The topological polar surface area (TPSA) is 105 Å². The Morgan fingerprint density at radius 3 is 2.10 bits per heavy atom. The van der Waals surface area contributed by atoms with E-state index in [1.807, 2.05) is 13.8 Å². The molecule has 3 aromatic carbocycles.